The summed E-state index contributed by atoms with van der Waals surface area (Å²) in [5, 5.41) is 2.85. The van der Waals surface area contributed by atoms with E-state index in [0.717, 1.165) is 16.9 Å². The lowest BCUT2D eigenvalue weighted by atomic mass is 10.1. The van der Waals surface area contributed by atoms with Crippen molar-refractivity contribution in [3.8, 4) is 0 Å². The van der Waals surface area contributed by atoms with E-state index in [4.69, 9.17) is 0 Å². The van der Waals surface area contributed by atoms with Crippen molar-refractivity contribution in [1.29, 1.82) is 0 Å². The van der Waals surface area contributed by atoms with Gasteiger partial charge in [0.25, 0.3) is 0 Å². The van der Waals surface area contributed by atoms with Crippen LogP contribution in [0.2, 0.25) is 0 Å². The lowest BCUT2D eigenvalue weighted by molar-refractivity contribution is -0.115. The van der Waals surface area contributed by atoms with Crippen LogP contribution in [0.1, 0.15) is 6.99 Å². The molecule has 0 spiro atoms. The van der Waals surface area contributed by atoms with Gasteiger partial charge >= 0.3 is 0 Å². The second kappa shape index (κ2) is 2.76. The van der Waals surface area contributed by atoms with E-state index in [1.54, 1.807) is 0 Å². The highest BCUT2D eigenvalue weighted by Gasteiger charge is 2.18. The largest absolute Gasteiger partial charge is 0.364 e. The number of likely N-dealkylation sites (N-methyl/N-ethyl adjacent to an activating group) is 1. The van der Waals surface area contributed by atoms with E-state index in [2.05, 4.69) is 5.32 Å². The lowest BCUT2D eigenvalue weighted by Crippen LogP contribution is -2.35. The maximum Gasteiger partial charge on any atom is 0.243 e. The molecule has 1 amide bonds. The molecule has 13 heavy (non-hydrogen) atoms. The molecule has 1 aromatic rings. The van der Waals surface area contributed by atoms with E-state index in [1.165, 1.54) is 0 Å². The third kappa shape index (κ3) is 1.37. The molecule has 0 aliphatic carbocycles. The van der Waals surface area contributed by atoms with E-state index in [9.17, 15) is 4.79 Å². The zero-order chi connectivity index (χ0) is 9.42. The Kier molecular flexibility index (Phi) is 1.72. The van der Waals surface area contributed by atoms with Gasteiger partial charge in [0.05, 0.1) is 17.9 Å². The number of hydrogen-bond donors (Lipinski definition) is 1. The summed E-state index contributed by atoms with van der Waals surface area (Å²) >= 11 is 0. The van der Waals surface area contributed by atoms with E-state index in [0.29, 0.717) is 6.54 Å². The highest BCUT2D eigenvalue weighted by molar-refractivity contribution is 6.01. The lowest BCUT2D eigenvalue weighted by Gasteiger charge is -2.27. The Labute approximate surface area is 78.8 Å². The molecule has 0 atom stereocenters. The summed E-state index contributed by atoms with van der Waals surface area (Å²) in [5.41, 5.74) is 3.17. The van der Waals surface area contributed by atoms with Gasteiger partial charge in [-0.15, -0.1) is 0 Å². The monoisotopic (exact) mass is 178 g/mol. The molecule has 0 unspecified atom stereocenters. The SMILES string of the molecule is Cc1ccc2c(c1)NC(=O)CN2C.[HH]. The summed E-state index contributed by atoms with van der Waals surface area (Å²) in [7, 11) is 1.92. The number of nitrogens with zero attached hydrogens (tertiary/aromatic N) is 1. The van der Waals surface area contributed by atoms with Crippen molar-refractivity contribution in [1.82, 2.24) is 0 Å². The summed E-state index contributed by atoms with van der Waals surface area (Å²) in [6.45, 7) is 2.46. The molecule has 0 saturated carbocycles. The van der Waals surface area contributed by atoms with E-state index in [1.807, 2.05) is 37.1 Å². The minimum Gasteiger partial charge on any atom is -0.364 e. The van der Waals surface area contributed by atoms with E-state index in [-0.39, 0.29) is 7.33 Å². The van der Waals surface area contributed by atoms with Crippen LogP contribution in [0.15, 0.2) is 18.2 Å². The van der Waals surface area contributed by atoms with Crippen LogP contribution >= 0.6 is 0 Å². The Balaban J connectivity index is 0.000000980. The van der Waals surface area contributed by atoms with Crippen LogP contribution in [-0.2, 0) is 4.79 Å². The minimum atomic E-state index is 0. The van der Waals surface area contributed by atoms with Crippen molar-refractivity contribution in [2.24, 2.45) is 0 Å². The molecule has 1 aliphatic rings. The number of fused-ring (bicyclic) bond motifs is 1. The van der Waals surface area contributed by atoms with Crippen molar-refractivity contribution in [2.45, 2.75) is 6.92 Å². The zero-order valence-corrected chi connectivity index (χ0v) is 7.79. The number of amides is 1. The highest BCUT2D eigenvalue weighted by Crippen LogP contribution is 2.28. The second-order valence-electron chi connectivity index (χ2n) is 3.42. The first kappa shape index (κ1) is 8.10. The van der Waals surface area contributed by atoms with Crippen LogP contribution < -0.4 is 10.2 Å². The van der Waals surface area contributed by atoms with Crippen LogP contribution in [0.5, 0.6) is 0 Å². The van der Waals surface area contributed by atoms with Gasteiger partial charge in [-0.3, -0.25) is 4.79 Å². The third-order valence-corrected chi connectivity index (χ3v) is 2.22. The van der Waals surface area contributed by atoms with Crippen LogP contribution in [0.3, 0.4) is 0 Å². The number of anilines is 2. The summed E-state index contributed by atoms with van der Waals surface area (Å²) in [6.07, 6.45) is 0. The Morgan fingerprint density at radius 2 is 2.31 bits per heavy atom. The number of benzene rings is 1. The van der Waals surface area contributed by atoms with Gasteiger partial charge in [-0.05, 0) is 24.6 Å². The molecule has 1 aromatic carbocycles. The van der Waals surface area contributed by atoms with Crippen molar-refractivity contribution >= 4 is 17.3 Å². The first-order chi connectivity index (χ1) is 6.16. The molecule has 0 radical (unpaired) electrons. The Hall–Kier alpha value is -1.51. The molecule has 1 heterocycles. The summed E-state index contributed by atoms with van der Waals surface area (Å²) in [5.74, 6) is 0.0561. The highest BCUT2D eigenvalue weighted by atomic mass is 16.2. The second-order valence-corrected chi connectivity index (χ2v) is 3.42. The molecule has 3 heteroatoms. The van der Waals surface area contributed by atoms with Crippen molar-refractivity contribution < 1.29 is 6.22 Å². The standard InChI is InChI=1S/C10H12N2O.H2/c1-7-3-4-9-8(5-7)11-10(13)6-12(9)2;/h3-5H,6H2,1-2H3,(H,11,13);1H. The third-order valence-electron chi connectivity index (χ3n) is 2.22. The molecule has 70 valence electrons. The molecule has 1 N–H and O–H groups in total. The van der Waals surface area contributed by atoms with Crippen LogP contribution in [-0.4, -0.2) is 19.5 Å². The molecular formula is C10H14N2O. The van der Waals surface area contributed by atoms with Crippen LogP contribution in [0, 0.1) is 6.92 Å². The fourth-order valence-electron chi connectivity index (χ4n) is 1.57. The van der Waals surface area contributed by atoms with Crippen LogP contribution in [0.4, 0.5) is 11.4 Å². The number of carbonyl (C=O) groups excluding carboxylic acids is 1. The van der Waals surface area contributed by atoms with Crippen molar-refractivity contribution in [3.05, 3.63) is 23.8 Å². The topological polar surface area (TPSA) is 32.3 Å². The maximum atomic E-state index is 11.2. The van der Waals surface area contributed by atoms with Crippen molar-refractivity contribution in [2.75, 3.05) is 23.8 Å². The number of carbonyl (C=O) groups is 1. The molecule has 0 bridgehead atoms. The van der Waals surface area contributed by atoms with Gasteiger partial charge < -0.3 is 10.2 Å². The van der Waals surface area contributed by atoms with Gasteiger partial charge in [-0.25, -0.2) is 0 Å². The fourth-order valence-corrected chi connectivity index (χ4v) is 1.57. The molecular weight excluding hydrogens is 164 g/mol. The first-order valence-electron chi connectivity index (χ1n) is 4.28. The normalized spacial score (nSPS) is 15.2. The smallest absolute Gasteiger partial charge is 0.243 e. The Morgan fingerprint density at radius 3 is 3.08 bits per heavy atom. The minimum absolute atomic E-state index is 0. The van der Waals surface area contributed by atoms with Crippen LogP contribution in [0.25, 0.3) is 0 Å². The zero-order valence-electron chi connectivity index (χ0n) is 7.79. The number of nitrogens with one attached hydrogen (secondary N) is 1. The quantitative estimate of drug-likeness (QED) is 0.655. The van der Waals surface area contributed by atoms with Gasteiger partial charge in [-0.1, -0.05) is 6.07 Å². The predicted octanol–water partition coefficient (Wildman–Crippen LogP) is 1.63. The summed E-state index contributed by atoms with van der Waals surface area (Å²) < 4.78 is 0. The fraction of sp³-hybridized carbons (Fsp3) is 0.300. The Morgan fingerprint density at radius 1 is 1.54 bits per heavy atom. The van der Waals surface area contributed by atoms with E-state index >= 15 is 0 Å². The Bertz CT molecular complexity index is 365. The number of rotatable bonds is 0. The molecule has 0 fully saturated rings. The van der Waals surface area contributed by atoms with Gasteiger partial charge in [0.15, 0.2) is 0 Å². The maximum absolute atomic E-state index is 11.2. The molecule has 2 rings (SSSR count). The van der Waals surface area contributed by atoms with E-state index < -0.39 is 0 Å². The van der Waals surface area contributed by atoms with Gasteiger partial charge in [-0.2, -0.15) is 0 Å². The summed E-state index contributed by atoms with van der Waals surface area (Å²) in [6, 6.07) is 6.07. The molecule has 0 aromatic heterocycles. The number of aryl methyl sites for hydroxylation is 1. The molecule has 1 aliphatic heterocycles. The molecule has 3 nitrogen and oxygen atoms in total. The average Bonchev–Trinajstić information content (AvgIpc) is 2.02. The number of hydrogen-bond acceptors (Lipinski definition) is 2. The van der Waals surface area contributed by atoms with Gasteiger partial charge in [0.2, 0.25) is 5.91 Å². The van der Waals surface area contributed by atoms with Crippen molar-refractivity contribution in [3.63, 3.8) is 0 Å². The van der Waals surface area contributed by atoms with Gasteiger partial charge in [0, 0.05) is 8.47 Å². The first-order valence-corrected chi connectivity index (χ1v) is 4.28. The van der Waals surface area contributed by atoms with Gasteiger partial charge in [0.1, 0.15) is 0 Å². The molecule has 0 saturated heterocycles. The predicted molar refractivity (Wildman–Crippen MR) is 55.2 cm³/mol. The average molecular weight is 178 g/mol. The summed E-state index contributed by atoms with van der Waals surface area (Å²) in [4.78, 5) is 13.1.